The minimum atomic E-state index is -0.710. The molecule has 2 atom stereocenters. The molecule has 34 heavy (non-hydrogen) atoms. The van der Waals surface area contributed by atoms with Crippen molar-refractivity contribution in [2.45, 2.75) is 46.1 Å². The fraction of sp³-hybridized carbons (Fsp3) is 0.360. The van der Waals surface area contributed by atoms with Gasteiger partial charge in [0.15, 0.2) is 0 Å². The number of rotatable bonds is 11. The summed E-state index contributed by atoms with van der Waals surface area (Å²) >= 11 is 4.70. The van der Waals surface area contributed by atoms with Gasteiger partial charge in [0.05, 0.1) is 6.61 Å². The second-order valence-corrected chi connectivity index (χ2v) is 9.86. The standard InChI is InChI=1S/C25H29BrN4O3S/c1-4-6-15-33-20-13-9-17(10-14-20)22(31)27-21(16(3)5-2)23(32)28-25-30-29-24(34-25)18-7-11-19(26)12-8-18/h7-14,16,21H,4-6,15H2,1-3H3,(H,27,31)(H,28,30,32). The molecule has 7 nitrogen and oxygen atoms in total. The molecular weight excluding hydrogens is 516 g/mol. The minimum Gasteiger partial charge on any atom is -0.494 e. The Morgan fingerprint density at radius 2 is 1.76 bits per heavy atom. The zero-order valence-corrected chi connectivity index (χ0v) is 21.9. The maximum atomic E-state index is 13.1. The maximum absolute atomic E-state index is 13.1. The summed E-state index contributed by atoms with van der Waals surface area (Å²) in [5.74, 6) is 0.0210. The van der Waals surface area contributed by atoms with E-state index in [4.69, 9.17) is 4.74 Å². The molecule has 0 fully saturated rings. The van der Waals surface area contributed by atoms with Gasteiger partial charge in [-0.2, -0.15) is 0 Å². The van der Waals surface area contributed by atoms with Crippen molar-refractivity contribution in [3.63, 3.8) is 0 Å². The van der Waals surface area contributed by atoms with E-state index < -0.39 is 6.04 Å². The molecule has 3 aromatic rings. The number of benzene rings is 2. The van der Waals surface area contributed by atoms with E-state index in [1.807, 2.05) is 38.1 Å². The summed E-state index contributed by atoms with van der Waals surface area (Å²) in [6, 6.07) is 14.0. The van der Waals surface area contributed by atoms with E-state index in [0.717, 1.165) is 35.0 Å². The van der Waals surface area contributed by atoms with Gasteiger partial charge in [-0.1, -0.05) is 73.0 Å². The molecule has 0 saturated carbocycles. The van der Waals surface area contributed by atoms with Crippen LogP contribution in [0.25, 0.3) is 10.6 Å². The Labute approximate surface area is 212 Å². The number of nitrogens with zero attached hydrogens (tertiary/aromatic N) is 2. The monoisotopic (exact) mass is 544 g/mol. The summed E-state index contributed by atoms with van der Waals surface area (Å²) in [4.78, 5) is 25.9. The van der Waals surface area contributed by atoms with Gasteiger partial charge in [-0.05, 0) is 48.7 Å². The number of hydrogen-bond acceptors (Lipinski definition) is 6. The van der Waals surface area contributed by atoms with Crippen LogP contribution in [0.3, 0.4) is 0 Å². The number of ether oxygens (including phenoxy) is 1. The van der Waals surface area contributed by atoms with E-state index >= 15 is 0 Å². The Hall–Kier alpha value is -2.78. The molecular formula is C25H29BrN4O3S. The highest BCUT2D eigenvalue weighted by Crippen LogP contribution is 2.27. The molecule has 0 aliphatic rings. The lowest BCUT2D eigenvalue weighted by molar-refractivity contribution is -0.119. The lowest BCUT2D eigenvalue weighted by atomic mass is 9.98. The Morgan fingerprint density at radius 1 is 1.06 bits per heavy atom. The summed E-state index contributed by atoms with van der Waals surface area (Å²) in [7, 11) is 0. The molecule has 1 heterocycles. The van der Waals surface area contributed by atoms with Crippen LogP contribution >= 0.6 is 27.3 Å². The van der Waals surface area contributed by atoms with Crippen LogP contribution < -0.4 is 15.4 Å². The number of carbonyl (C=O) groups excluding carboxylic acids is 2. The van der Waals surface area contributed by atoms with E-state index in [1.165, 1.54) is 11.3 Å². The van der Waals surface area contributed by atoms with Crippen LogP contribution in [0.4, 0.5) is 5.13 Å². The molecule has 1 aromatic heterocycles. The highest BCUT2D eigenvalue weighted by Gasteiger charge is 2.27. The molecule has 0 spiro atoms. The molecule has 180 valence electrons. The molecule has 0 aliphatic heterocycles. The number of amides is 2. The molecule has 0 saturated heterocycles. The Balaban J connectivity index is 1.65. The topological polar surface area (TPSA) is 93.2 Å². The largest absolute Gasteiger partial charge is 0.494 e. The number of carbonyl (C=O) groups is 2. The molecule has 2 N–H and O–H groups in total. The molecule has 2 unspecified atom stereocenters. The summed E-state index contributed by atoms with van der Waals surface area (Å²) in [5.41, 5.74) is 1.38. The van der Waals surface area contributed by atoms with Gasteiger partial charge in [-0.3, -0.25) is 14.9 Å². The first-order chi connectivity index (χ1) is 16.4. The van der Waals surface area contributed by atoms with Crippen LogP contribution in [-0.4, -0.2) is 34.7 Å². The fourth-order valence-corrected chi connectivity index (χ4v) is 4.15. The third-order valence-electron chi connectivity index (χ3n) is 5.41. The summed E-state index contributed by atoms with van der Waals surface area (Å²) in [6.45, 7) is 6.67. The molecule has 2 amide bonds. The zero-order valence-electron chi connectivity index (χ0n) is 19.5. The average Bonchev–Trinajstić information content (AvgIpc) is 3.31. The number of hydrogen-bond donors (Lipinski definition) is 2. The smallest absolute Gasteiger partial charge is 0.251 e. The first kappa shape index (κ1) is 25.8. The van der Waals surface area contributed by atoms with Crippen LogP contribution in [0.1, 0.15) is 50.4 Å². The minimum absolute atomic E-state index is 0.0699. The zero-order chi connectivity index (χ0) is 24.5. The molecule has 0 radical (unpaired) electrons. The average molecular weight is 546 g/mol. The summed E-state index contributed by atoms with van der Waals surface area (Å²) in [5, 5.41) is 15.1. The van der Waals surface area contributed by atoms with Gasteiger partial charge in [0, 0.05) is 15.6 Å². The number of nitrogens with one attached hydrogen (secondary N) is 2. The Morgan fingerprint density at radius 3 is 2.41 bits per heavy atom. The van der Waals surface area contributed by atoms with E-state index in [-0.39, 0.29) is 17.7 Å². The van der Waals surface area contributed by atoms with Crippen LogP contribution in [0.5, 0.6) is 5.75 Å². The number of halogens is 1. The highest BCUT2D eigenvalue weighted by atomic mass is 79.9. The molecule has 0 bridgehead atoms. The fourth-order valence-electron chi connectivity index (χ4n) is 3.13. The van der Waals surface area contributed by atoms with Crippen molar-refractivity contribution in [1.29, 1.82) is 0 Å². The van der Waals surface area contributed by atoms with Crippen molar-refractivity contribution in [3.8, 4) is 16.3 Å². The summed E-state index contributed by atoms with van der Waals surface area (Å²) < 4.78 is 6.62. The van der Waals surface area contributed by atoms with Crippen molar-refractivity contribution in [1.82, 2.24) is 15.5 Å². The summed E-state index contributed by atoms with van der Waals surface area (Å²) in [6.07, 6.45) is 2.76. The predicted molar refractivity (Wildman–Crippen MR) is 139 cm³/mol. The van der Waals surface area contributed by atoms with Crippen molar-refractivity contribution in [3.05, 3.63) is 58.6 Å². The van der Waals surface area contributed by atoms with Crippen LogP contribution in [0, 0.1) is 5.92 Å². The molecule has 0 aliphatic carbocycles. The van der Waals surface area contributed by atoms with E-state index in [0.29, 0.717) is 22.3 Å². The van der Waals surface area contributed by atoms with Crippen LogP contribution in [-0.2, 0) is 4.79 Å². The van der Waals surface area contributed by atoms with Gasteiger partial charge in [0.1, 0.15) is 16.8 Å². The second-order valence-electron chi connectivity index (χ2n) is 7.97. The lowest BCUT2D eigenvalue weighted by Gasteiger charge is -2.23. The molecule has 3 rings (SSSR count). The number of unbranched alkanes of at least 4 members (excludes halogenated alkanes) is 1. The molecule has 2 aromatic carbocycles. The lowest BCUT2D eigenvalue weighted by Crippen LogP contribution is -2.47. The quantitative estimate of drug-likeness (QED) is 0.292. The van der Waals surface area contributed by atoms with Gasteiger partial charge in [-0.15, -0.1) is 10.2 Å². The predicted octanol–water partition coefficient (Wildman–Crippen LogP) is 5.93. The Bertz CT molecular complexity index is 1090. The van der Waals surface area contributed by atoms with Crippen molar-refractivity contribution >= 4 is 44.2 Å². The normalized spacial score (nSPS) is 12.6. The first-order valence-corrected chi connectivity index (χ1v) is 13.0. The highest BCUT2D eigenvalue weighted by molar-refractivity contribution is 9.10. The van der Waals surface area contributed by atoms with Gasteiger partial charge in [-0.25, -0.2) is 0 Å². The van der Waals surface area contributed by atoms with Crippen LogP contribution in [0.15, 0.2) is 53.0 Å². The van der Waals surface area contributed by atoms with Gasteiger partial charge in [0.2, 0.25) is 11.0 Å². The van der Waals surface area contributed by atoms with E-state index in [9.17, 15) is 9.59 Å². The van der Waals surface area contributed by atoms with Gasteiger partial charge < -0.3 is 10.1 Å². The number of aromatic nitrogens is 2. The molecule has 9 heteroatoms. The van der Waals surface area contributed by atoms with Crippen LogP contribution in [0.2, 0.25) is 0 Å². The number of anilines is 1. The van der Waals surface area contributed by atoms with Crippen molar-refractivity contribution in [2.75, 3.05) is 11.9 Å². The first-order valence-electron chi connectivity index (χ1n) is 11.3. The van der Waals surface area contributed by atoms with Gasteiger partial charge >= 0.3 is 0 Å². The Kier molecular flexibility index (Phi) is 9.59. The third-order valence-corrected chi connectivity index (χ3v) is 6.83. The van der Waals surface area contributed by atoms with E-state index in [1.54, 1.807) is 24.3 Å². The SMILES string of the molecule is CCCCOc1ccc(C(=O)NC(C(=O)Nc2nnc(-c3ccc(Br)cc3)s2)C(C)CC)cc1. The van der Waals surface area contributed by atoms with Crippen molar-refractivity contribution < 1.29 is 14.3 Å². The van der Waals surface area contributed by atoms with Crippen molar-refractivity contribution in [2.24, 2.45) is 5.92 Å². The van der Waals surface area contributed by atoms with Gasteiger partial charge in [0.25, 0.3) is 5.91 Å². The third kappa shape index (κ3) is 7.11. The maximum Gasteiger partial charge on any atom is 0.251 e. The second kappa shape index (κ2) is 12.6. The van der Waals surface area contributed by atoms with E-state index in [2.05, 4.69) is 43.7 Å².